The number of nitrogens with two attached hydrogens (primary N) is 1. The summed E-state index contributed by atoms with van der Waals surface area (Å²) in [5.41, 5.74) is 5.69. The van der Waals surface area contributed by atoms with E-state index in [2.05, 4.69) is 21.4 Å². The Hall–Kier alpha value is -3.35. The van der Waals surface area contributed by atoms with Crippen molar-refractivity contribution in [3.8, 4) is 0 Å². The molecule has 1 aromatic carbocycles. The van der Waals surface area contributed by atoms with Crippen molar-refractivity contribution in [3.05, 3.63) is 83.6 Å². The van der Waals surface area contributed by atoms with Crippen molar-refractivity contribution in [2.75, 3.05) is 12.4 Å². The van der Waals surface area contributed by atoms with Gasteiger partial charge >= 0.3 is 0 Å². The van der Waals surface area contributed by atoms with Crippen LogP contribution in [0.3, 0.4) is 0 Å². The number of quaternary nitrogens is 1. The molecule has 2 aliphatic heterocycles. The van der Waals surface area contributed by atoms with Crippen LogP contribution in [-0.2, 0) is 0 Å². The van der Waals surface area contributed by atoms with Gasteiger partial charge in [-0.25, -0.2) is 0 Å². The number of benzene rings is 1. The monoisotopic (exact) mass is 341 g/mol. The quantitative estimate of drug-likeness (QED) is 0.666. The first-order chi connectivity index (χ1) is 12.7. The van der Waals surface area contributed by atoms with Gasteiger partial charge in [-0.1, -0.05) is 18.2 Å². The number of rotatable bonds is 3. The van der Waals surface area contributed by atoms with Gasteiger partial charge in [0.2, 0.25) is 5.70 Å². The number of nitrogens with one attached hydrogen (secondary N) is 1. The van der Waals surface area contributed by atoms with E-state index in [9.17, 15) is 0 Å². The highest BCUT2D eigenvalue weighted by atomic mass is 15.6. The number of aromatic nitrogens is 1. The molecule has 6 nitrogen and oxygen atoms in total. The van der Waals surface area contributed by atoms with Crippen LogP contribution < -0.4 is 11.2 Å². The predicted molar refractivity (Wildman–Crippen MR) is 104 cm³/mol. The first-order valence-electron chi connectivity index (χ1n) is 8.39. The van der Waals surface area contributed by atoms with Gasteiger partial charge in [-0.15, -0.1) is 4.59 Å². The molecule has 1 aliphatic carbocycles. The minimum atomic E-state index is 0.0151. The molecule has 0 fully saturated rings. The molecule has 0 bridgehead atoms. The van der Waals surface area contributed by atoms with E-state index in [4.69, 9.17) is 10.8 Å². The van der Waals surface area contributed by atoms with Crippen LogP contribution in [0.4, 0.5) is 5.69 Å². The molecule has 0 saturated heterocycles. The minimum absolute atomic E-state index is 0.0151. The lowest BCUT2D eigenvalue weighted by molar-refractivity contribution is -0.750. The van der Waals surface area contributed by atoms with E-state index >= 15 is 0 Å². The number of fused-ring (bicyclic) bond motifs is 2. The molecule has 126 valence electrons. The van der Waals surface area contributed by atoms with Crippen LogP contribution in [0.1, 0.15) is 5.56 Å². The van der Waals surface area contributed by atoms with Crippen LogP contribution >= 0.6 is 0 Å². The number of hydrogen-bond donors (Lipinski definition) is 2. The minimum Gasteiger partial charge on any atom is -0.388 e. The largest absolute Gasteiger partial charge is 0.388 e. The van der Waals surface area contributed by atoms with Crippen LogP contribution in [0, 0.1) is 0 Å². The first kappa shape index (κ1) is 14.9. The molecule has 5 rings (SSSR count). The molecule has 2 aromatic rings. The van der Waals surface area contributed by atoms with E-state index in [0.29, 0.717) is 0 Å². The van der Waals surface area contributed by atoms with Gasteiger partial charge < -0.3 is 5.32 Å². The number of allylic oxidation sites excluding steroid dienone is 4. The van der Waals surface area contributed by atoms with E-state index in [0.717, 1.165) is 45.0 Å². The Labute approximate surface area is 150 Å². The van der Waals surface area contributed by atoms with E-state index in [1.807, 2.05) is 49.7 Å². The van der Waals surface area contributed by atoms with E-state index in [-0.39, 0.29) is 4.59 Å². The standard InChI is InChI=1S/C20H17N6/c1-22-16-7-8-24-17-11-14(5-6-15(16)17)20-25-19(13-3-2-4-13)18-12-23-9-10-26(18,20)21/h2-12H,21H2,1H3,(H,22,24)/q+1. The van der Waals surface area contributed by atoms with Crippen LogP contribution in [0.5, 0.6) is 0 Å². The van der Waals surface area contributed by atoms with E-state index in [1.165, 1.54) is 0 Å². The SMILES string of the molecule is CNc1ccnc2cc(C3=NC(C4=CC=C4)=C4C=NC=C[N+]34N)ccc12. The zero-order valence-corrected chi connectivity index (χ0v) is 14.2. The summed E-state index contributed by atoms with van der Waals surface area (Å²) in [5.74, 6) is 7.50. The van der Waals surface area contributed by atoms with Crippen molar-refractivity contribution in [1.29, 1.82) is 0 Å². The molecule has 0 spiro atoms. The normalized spacial score (nSPS) is 23.0. The van der Waals surface area contributed by atoms with Crippen LogP contribution in [0.15, 0.2) is 88.0 Å². The summed E-state index contributed by atoms with van der Waals surface area (Å²) in [6, 6.07) is 8.10. The van der Waals surface area contributed by atoms with Crippen LogP contribution in [0.25, 0.3) is 10.9 Å². The number of amidine groups is 1. The summed E-state index contributed by atoms with van der Waals surface area (Å²) in [5, 5.41) is 4.26. The lowest BCUT2D eigenvalue weighted by Crippen LogP contribution is -2.53. The maximum atomic E-state index is 6.73. The molecule has 1 atom stereocenters. The second-order valence-electron chi connectivity index (χ2n) is 6.34. The molecular weight excluding hydrogens is 324 g/mol. The van der Waals surface area contributed by atoms with Gasteiger partial charge in [-0.05, 0) is 24.3 Å². The second-order valence-corrected chi connectivity index (χ2v) is 6.34. The fourth-order valence-corrected chi connectivity index (χ4v) is 3.45. The Kier molecular flexibility index (Phi) is 3.06. The van der Waals surface area contributed by atoms with Gasteiger partial charge in [0.15, 0.2) is 0 Å². The Morgan fingerprint density at radius 2 is 2.08 bits per heavy atom. The number of anilines is 1. The summed E-state index contributed by atoms with van der Waals surface area (Å²) >= 11 is 0. The Morgan fingerprint density at radius 1 is 1.19 bits per heavy atom. The van der Waals surface area contributed by atoms with Gasteiger partial charge in [0, 0.05) is 29.9 Å². The van der Waals surface area contributed by atoms with Crippen molar-refractivity contribution < 1.29 is 4.59 Å². The number of aliphatic imine (C=N–C) groups is 2. The Balaban J connectivity index is 1.67. The fraction of sp³-hybridized carbons (Fsp3) is 0.0500. The van der Waals surface area contributed by atoms with Crippen molar-refractivity contribution in [1.82, 2.24) is 4.98 Å². The highest BCUT2D eigenvalue weighted by Gasteiger charge is 2.44. The van der Waals surface area contributed by atoms with Gasteiger partial charge in [-0.2, -0.15) is 10.8 Å². The first-order valence-corrected chi connectivity index (χ1v) is 8.39. The van der Waals surface area contributed by atoms with Gasteiger partial charge in [0.05, 0.1) is 23.5 Å². The average Bonchev–Trinajstić information content (AvgIpc) is 2.92. The summed E-state index contributed by atoms with van der Waals surface area (Å²) < 4.78 is 0.0151. The third kappa shape index (κ3) is 1.97. The summed E-state index contributed by atoms with van der Waals surface area (Å²) in [4.78, 5) is 13.6. The molecule has 26 heavy (non-hydrogen) atoms. The smallest absolute Gasteiger partial charge is 0.265 e. The molecule has 1 unspecified atom stereocenters. The Bertz CT molecular complexity index is 1130. The second kappa shape index (κ2) is 5.32. The maximum Gasteiger partial charge on any atom is 0.265 e. The summed E-state index contributed by atoms with van der Waals surface area (Å²) in [6.45, 7) is 0. The highest BCUT2D eigenvalue weighted by molar-refractivity contribution is 6.04. The molecule has 3 N–H and O–H groups in total. The Morgan fingerprint density at radius 3 is 2.85 bits per heavy atom. The van der Waals surface area contributed by atoms with Gasteiger partial charge in [-0.3, -0.25) is 9.98 Å². The summed E-state index contributed by atoms with van der Waals surface area (Å²) in [7, 11) is 1.91. The van der Waals surface area contributed by atoms with Crippen LogP contribution in [-0.4, -0.2) is 28.7 Å². The lowest BCUT2D eigenvalue weighted by Gasteiger charge is -2.26. The van der Waals surface area contributed by atoms with E-state index < -0.39 is 0 Å². The number of pyridine rings is 1. The van der Waals surface area contributed by atoms with Crippen LogP contribution in [0.2, 0.25) is 0 Å². The zero-order valence-electron chi connectivity index (χ0n) is 14.2. The molecule has 1 aromatic heterocycles. The molecule has 0 amide bonds. The van der Waals surface area contributed by atoms with Crippen molar-refractivity contribution >= 4 is 28.6 Å². The zero-order chi connectivity index (χ0) is 17.7. The van der Waals surface area contributed by atoms with Crippen molar-refractivity contribution in [2.24, 2.45) is 15.8 Å². The summed E-state index contributed by atoms with van der Waals surface area (Å²) in [6.07, 6.45) is 13.2. The van der Waals surface area contributed by atoms with E-state index in [1.54, 1.807) is 18.6 Å². The highest BCUT2D eigenvalue weighted by Crippen LogP contribution is 2.36. The third-order valence-electron chi connectivity index (χ3n) is 4.89. The molecule has 3 heterocycles. The number of hydrogen-bond acceptors (Lipinski definition) is 5. The molecule has 6 heteroatoms. The lowest BCUT2D eigenvalue weighted by atomic mass is 10.0. The third-order valence-corrected chi connectivity index (χ3v) is 4.89. The fourth-order valence-electron chi connectivity index (χ4n) is 3.45. The average molecular weight is 341 g/mol. The van der Waals surface area contributed by atoms with Crippen molar-refractivity contribution in [2.45, 2.75) is 0 Å². The molecule has 0 radical (unpaired) electrons. The van der Waals surface area contributed by atoms with Gasteiger partial charge in [0.25, 0.3) is 5.84 Å². The molecular formula is C20H17N6+. The maximum absolute atomic E-state index is 6.73. The van der Waals surface area contributed by atoms with Crippen molar-refractivity contribution in [3.63, 3.8) is 0 Å². The van der Waals surface area contributed by atoms with Gasteiger partial charge in [0.1, 0.15) is 11.9 Å². The topological polar surface area (TPSA) is 75.7 Å². The number of nitrogens with zero attached hydrogens (tertiary/aromatic N) is 4. The predicted octanol–water partition coefficient (Wildman–Crippen LogP) is 2.99. The molecule has 0 saturated carbocycles. The molecule has 3 aliphatic rings.